The van der Waals surface area contributed by atoms with Crippen LogP contribution in [0.25, 0.3) is 22.3 Å². The maximum Gasteiger partial charge on any atom is 0.0217 e. The molecule has 0 unspecified atom stereocenters. The lowest BCUT2D eigenvalue weighted by Gasteiger charge is -2.14. The summed E-state index contributed by atoms with van der Waals surface area (Å²) >= 11 is 3.75. The number of benzene rings is 3. The van der Waals surface area contributed by atoms with Crippen molar-refractivity contribution in [3.8, 4) is 22.3 Å². The topological polar surface area (TPSA) is 0 Å². The van der Waals surface area contributed by atoms with Gasteiger partial charge in [0.05, 0.1) is 0 Å². The summed E-state index contributed by atoms with van der Waals surface area (Å²) in [6.07, 6.45) is 1.03. The van der Waals surface area contributed by atoms with Crippen molar-refractivity contribution in [3.63, 3.8) is 0 Å². The Morgan fingerprint density at radius 3 is 2.38 bits per heavy atom. The minimum Gasteiger partial charge on any atom is -0.0622 e. The van der Waals surface area contributed by atoms with Gasteiger partial charge in [0.1, 0.15) is 0 Å². The molecule has 0 amide bonds. The first-order chi connectivity index (χ1) is 10.3. The molecule has 0 radical (unpaired) electrons. The van der Waals surface area contributed by atoms with E-state index in [9.17, 15) is 0 Å². The van der Waals surface area contributed by atoms with Crippen molar-refractivity contribution in [2.24, 2.45) is 0 Å². The van der Waals surface area contributed by atoms with E-state index in [4.69, 9.17) is 0 Å². The predicted molar refractivity (Wildman–Crippen MR) is 92.6 cm³/mol. The zero-order valence-corrected chi connectivity index (χ0v) is 13.4. The van der Waals surface area contributed by atoms with E-state index in [0.29, 0.717) is 0 Å². The molecule has 0 fully saturated rings. The summed E-state index contributed by atoms with van der Waals surface area (Å²) in [4.78, 5) is 0. The van der Waals surface area contributed by atoms with Crippen LogP contribution in [0.2, 0.25) is 0 Å². The molecule has 0 spiro atoms. The summed E-state index contributed by atoms with van der Waals surface area (Å²) in [5, 5.41) is 0. The SMILES string of the molecule is Cc1c(Br)cc2c(c1-c1ccccc1)Cc1ccccc1-2. The van der Waals surface area contributed by atoms with Gasteiger partial charge < -0.3 is 0 Å². The summed E-state index contributed by atoms with van der Waals surface area (Å²) < 4.78 is 1.19. The summed E-state index contributed by atoms with van der Waals surface area (Å²) in [5.41, 5.74) is 9.67. The normalized spacial score (nSPS) is 12.1. The zero-order valence-electron chi connectivity index (χ0n) is 11.9. The molecule has 102 valence electrons. The van der Waals surface area contributed by atoms with Crippen LogP contribution in [0.15, 0.2) is 65.1 Å². The first-order valence-electron chi connectivity index (χ1n) is 7.21. The molecule has 0 nitrogen and oxygen atoms in total. The van der Waals surface area contributed by atoms with Gasteiger partial charge in [0.15, 0.2) is 0 Å². The van der Waals surface area contributed by atoms with Gasteiger partial charge in [-0.25, -0.2) is 0 Å². The maximum absolute atomic E-state index is 3.75. The van der Waals surface area contributed by atoms with Crippen LogP contribution in [0.1, 0.15) is 16.7 Å². The molecule has 0 saturated carbocycles. The Bertz CT molecular complexity index is 832. The van der Waals surface area contributed by atoms with Crippen LogP contribution >= 0.6 is 15.9 Å². The minimum atomic E-state index is 1.03. The fourth-order valence-electron chi connectivity index (χ4n) is 3.35. The van der Waals surface area contributed by atoms with Crippen molar-refractivity contribution in [3.05, 3.63) is 81.8 Å². The van der Waals surface area contributed by atoms with Crippen molar-refractivity contribution >= 4 is 15.9 Å². The monoisotopic (exact) mass is 334 g/mol. The Hall–Kier alpha value is -1.86. The van der Waals surface area contributed by atoms with Crippen LogP contribution in [-0.4, -0.2) is 0 Å². The Morgan fingerprint density at radius 1 is 0.857 bits per heavy atom. The van der Waals surface area contributed by atoms with Gasteiger partial charge in [-0.1, -0.05) is 70.5 Å². The molecule has 0 heterocycles. The van der Waals surface area contributed by atoms with Crippen LogP contribution in [0, 0.1) is 6.92 Å². The standard InChI is InChI=1S/C20H15Br/c1-13-19(21)12-17-16-10-6-5-9-15(16)11-18(17)20(13)14-7-3-2-4-8-14/h2-10,12H,11H2,1H3. The van der Waals surface area contributed by atoms with Crippen LogP contribution in [0.5, 0.6) is 0 Å². The number of hydrogen-bond donors (Lipinski definition) is 0. The molecule has 0 bridgehead atoms. The largest absolute Gasteiger partial charge is 0.0622 e. The Morgan fingerprint density at radius 2 is 1.57 bits per heavy atom. The number of halogens is 1. The Kier molecular flexibility index (Phi) is 2.97. The van der Waals surface area contributed by atoms with E-state index in [-0.39, 0.29) is 0 Å². The predicted octanol–water partition coefficient (Wildman–Crippen LogP) is 6.00. The molecule has 0 N–H and O–H groups in total. The van der Waals surface area contributed by atoms with E-state index < -0.39 is 0 Å². The maximum atomic E-state index is 3.75. The highest BCUT2D eigenvalue weighted by Gasteiger charge is 2.23. The lowest BCUT2D eigenvalue weighted by molar-refractivity contribution is 1.24. The van der Waals surface area contributed by atoms with Crippen molar-refractivity contribution in [2.75, 3.05) is 0 Å². The molecule has 0 saturated heterocycles. The molecule has 3 aromatic rings. The lowest BCUT2D eigenvalue weighted by atomic mass is 9.92. The molecule has 3 aromatic carbocycles. The average molecular weight is 335 g/mol. The number of rotatable bonds is 1. The van der Waals surface area contributed by atoms with Gasteiger partial charge >= 0.3 is 0 Å². The van der Waals surface area contributed by atoms with Crippen LogP contribution in [0.3, 0.4) is 0 Å². The van der Waals surface area contributed by atoms with Gasteiger partial charge in [0.25, 0.3) is 0 Å². The zero-order chi connectivity index (χ0) is 14.4. The van der Waals surface area contributed by atoms with Crippen molar-refractivity contribution < 1.29 is 0 Å². The smallest absolute Gasteiger partial charge is 0.0217 e. The highest BCUT2D eigenvalue weighted by Crippen LogP contribution is 2.45. The van der Waals surface area contributed by atoms with E-state index in [1.54, 1.807) is 0 Å². The first kappa shape index (κ1) is 12.8. The molecule has 4 rings (SSSR count). The summed E-state index contributed by atoms with van der Waals surface area (Å²) in [6.45, 7) is 2.20. The molecule has 0 atom stereocenters. The lowest BCUT2D eigenvalue weighted by Crippen LogP contribution is -1.93. The summed E-state index contributed by atoms with van der Waals surface area (Å²) in [7, 11) is 0. The Labute approximate surface area is 133 Å². The highest BCUT2D eigenvalue weighted by molar-refractivity contribution is 9.10. The van der Waals surface area contributed by atoms with Crippen molar-refractivity contribution in [1.29, 1.82) is 0 Å². The molecule has 0 aromatic heterocycles. The first-order valence-corrected chi connectivity index (χ1v) is 8.00. The third-order valence-electron chi connectivity index (χ3n) is 4.37. The summed E-state index contributed by atoms with van der Waals surface area (Å²) in [5.74, 6) is 0. The van der Waals surface area contributed by atoms with Crippen LogP contribution in [-0.2, 0) is 6.42 Å². The molecular formula is C20H15Br. The molecule has 1 aliphatic carbocycles. The quantitative estimate of drug-likeness (QED) is 0.400. The van der Waals surface area contributed by atoms with Crippen LogP contribution in [0.4, 0.5) is 0 Å². The molecule has 1 aliphatic rings. The van der Waals surface area contributed by atoms with Gasteiger partial charge in [0.2, 0.25) is 0 Å². The Balaban J connectivity index is 2.04. The van der Waals surface area contributed by atoms with E-state index >= 15 is 0 Å². The van der Waals surface area contributed by atoms with Crippen molar-refractivity contribution in [2.45, 2.75) is 13.3 Å². The van der Waals surface area contributed by atoms with Gasteiger partial charge in [-0.05, 0) is 58.4 Å². The number of fused-ring (bicyclic) bond motifs is 3. The second-order valence-corrected chi connectivity index (χ2v) is 6.44. The number of hydrogen-bond acceptors (Lipinski definition) is 0. The fraction of sp³-hybridized carbons (Fsp3) is 0.100. The average Bonchev–Trinajstić information content (AvgIpc) is 2.87. The molecule has 0 aliphatic heterocycles. The van der Waals surface area contributed by atoms with Gasteiger partial charge in [-0.15, -0.1) is 0 Å². The van der Waals surface area contributed by atoms with Gasteiger partial charge in [-0.3, -0.25) is 0 Å². The third-order valence-corrected chi connectivity index (χ3v) is 5.19. The molecule has 21 heavy (non-hydrogen) atoms. The second-order valence-electron chi connectivity index (χ2n) is 5.58. The van der Waals surface area contributed by atoms with Crippen LogP contribution < -0.4 is 0 Å². The minimum absolute atomic E-state index is 1.03. The fourth-order valence-corrected chi connectivity index (χ4v) is 3.78. The second kappa shape index (κ2) is 4.85. The van der Waals surface area contributed by atoms with E-state index in [1.807, 2.05) is 0 Å². The van der Waals surface area contributed by atoms with E-state index in [1.165, 1.54) is 43.4 Å². The highest BCUT2D eigenvalue weighted by atomic mass is 79.9. The third kappa shape index (κ3) is 1.96. The molecular weight excluding hydrogens is 320 g/mol. The van der Waals surface area contributed by atoms with Gasteiger partial charge in [0, 0.05) is 4.47 Å². The summed E-state index contributed by atoms with van der Waals surface area (Å²) in [6, 6.07) is 21.7. The van der Waals surface area contributed by atoms with E-state index in [0.717, 1.165) is 6.42 Å². The van der Waals surface area contributed by atoms with Gasteiger partial charge in [-0.2, -0.15) is 0 Å². The van der Waals surface area contributed by atoms with E-state index in [2.05, 4.69) is 83.5 Å². The van der Waals surface area contributed by atoms with Crippen molar-refractivity contribution in [1.82, 2.24) is 0 Å². The molecule has 1 heteroatoms.